The van der Waals surface area contributed by atoms with Crippen molar-refractivity contribution in [2.45, 2.75) is 38.3 Å². The van der Waals surface area contributed by atoms with E-state index in [1.807, 2.05) is 6.92 Å². The number of methoxy groups -OCH3 is 2. The fourth-order valence-electron chi connectivity index (χ4n) is 4.59. The molecular weight excluding hydrogens is 562 g/mol. The second-order valence-corrected chi connectivity index (χ2v) is 12.2. The number of aryl methyl sites for hydroxylation is 1. The summed E-state index contributed by atoms with van der Waals surface area (Å²) in [5.74, 6) is 1.54. The maximum Gasteiger partial charge on any atom is 0.211 e. The number of morpholine rings is 1. The summed E-state index contributed by atoms with van der Waals surface area (Å²) >= 11 is 0. The lowest BCUT2D eigenvalue weighted by Crippen LogP contribution is -2.42. The predicted molar refractivity (Wildman–Crippen MR) is 146 cm³/mol. The Morgan fingerprint density at radius 3 is 2.38 bits per heavy atom. The molecule has 0 bridgehead atoms. The zero-order valence-electron chi connectivity index (χ0n) is 22.8. The van der Waals surface area contributed by atoms with Crippen LogP contribution < -0.4 is 14.2 Å². The van der Waals surface area contributed by atoms with E-state index in [0.717, 1.165) is 11.8 Å². The molecule has 0 unspecified atom stereocenters. The molecular formula is C24H33N7O7S2. The Hall–Kier alpha value is -3.18. The van der Waals surface area contributed by atoms with Gasteiger partial charge >= 0.3 is 0 Å². The van der Waals surface area contributed by atoms with Crippen molar-refractivity contribution in [3.63, 3.8) is 0 Å². The minimum atomic E-state index is -3.48. The van der Waals surface area contributed by atoms with Gasteiger partial charge in [-0.2, -0.15) is 4.31 Å². The highest BCUT2D eigenvalue weighted by Crippen LogP contribution is 2.37. The van der Waals surface area contributed by atoms with Crippen LogP contribution in [0.25, 0.3) is 5.69 Å². The summed E-state index contributed by atoms with van der Waals surface area (Å²) in [6, 6.07) is 4.68. The molecule has 1 aliphatic rings. The molecule has 40 heavy (non-hydrogen) atoms. The Morgan fingerprint density at radius 1 is 1.15 bits per heavy atom. The number of hydrogen-bond acceptors (Lipinski definition) is 11. The van der Waals surface area contributed by atoms with Gasteiger partial charge in [-0.1, -0.05) is 6.07 Å². The quantitative estimate of drug-likeness (QED) is 0.297. The van der Waals surface area contributed by atoms with E-state index >= 15 is 0 Å². The lowest BCUT2D eigenvalue weighted by atomic mass is 9.96. The standard InChI is InChI=1S/C24H33N7O7S2/c1-15-12-25-23(26-13-15)17(16(2)29-39(32)33)11-21-27-28-24(20-14-30(9-10-38-20)40(5,34)35)31(21)22-18(36-3)7-6-8-19(22)37-4/h6-8,12-13,16-17,20,39H,9-11,14H2,1-5H3,(H,29,32,33)/t16-,17-,20-/m1/s1. The molecule has 4 rings (SSSR count). The molecule has 3 aromatic rings. The molecule has 14 nitrogen and oxygen atoms in total. The summed E-state index contributed by atoms with van der Waals surface area (Å²) in [4.78, 5) is 8.91. The van der Waals surface area contributed by atoms with Crippen LogP contribution in [0.15, 0.2) is 30.6 Å². The first-order valence-corrected chi connectivity index (χ1v) is 15.5. The summed E-state index contributed by atoms with van der Waals surface area (Å²) in [5, 5.41) is 8.91. The third-order valence-corrected chi connectivity index (χ3v) is 8.50. The molecule has 3 atom stereocenters. The number of thiol groups is 1. The number of nitrogens with zero attached hydrogens (tertiary/aromatic N) is 6. The second-order valence-electron chi connectivity index (χ2n) is 9.41. The Balaban J connectivity index is 1.88. The lowest BCUT2D eigenvalue weighted by Gasteiger charge is -2.31. The smallest absolute Gasteiger partial charge is 0.211 e. The molecule has 16 heteroatoms. The maximum absolute atomic E-state index is 12.3. The fourth-order valence-corrected chi connectivity index (χ4v) is 5.91. The number of nitrogens with one attached hydrogen (secondary N) is 1. The topological polar surface area (TPSA) is 168 Å². The lowest BCUT2D eigenvalue weighted by molar-refractivity contribution is -0.00838. The number of hydrogen-bond donors (Lipinski definition) is 2. The fraction of sp³-hybridized carbons (Fsp3) is 0.500. The van der Waals surface area contributed by atoms with Gasteiger partial charge in [-0.25, -0.2) is 31.5 Å². The average Bonchev–Trinajstić information content (AvgIpc) is 3.34. The van der Waals surface area contributed by atoms with Crippen LogP contribution in [0.4, 0.5) is 0 Å². The molecule has 1 N–H and O–H groups in total. The molecule has 0 aliphatic carbocycles. The van der Waals surface area contributed by atoms with Crippen LogP contribution in [-0.4, -0.2) is 92.1 Å². The van der Waals surface area contributed by atoms with E-state index in [1.54, 1.807) is 42.1 Å². The van der Waals surface area contributed by atoms with Gasteiger partial charge in [0.15, 0.2) is 5.82 Å². The molecule has 1 aromatic carbocycles. The minimum Gasteiger partial charge on any atom is -0.494 e. The summed E-state index contributed by atoms with van der Waals surface area (Å²) in [5.41, 5.74) is 1.34. The first-order chi connectivity index (χ1) is 19.0. The molecule has 0 amide bonds. The highest BCUT2D eigenvalue weighted by molar-refractivity contribution is 7.88. The van der Waals surface area contributed by atoms with E-state index < -0.39 is 39.0 Å². The monoisotopic (exact) mass is 595 g/mol. The third kappa shape index (κ3) is 6.58. The summed E-state index contributed by atoms with van der Waals surface area (Å²) < 4.78 is 70.7. The average molecular weight is 596 g/mol. The van der Waals surface area contributed by atoms with Crippen LogP contribution in [-0.2, 0) is 32.1 Å². The van der Waals surface area contributed by atoms with Crippen molar-refractivity contribution >= 4 is 20.9 Å². The predicted octanol–water partition coefficient (Wildman–Crippen LogP) is 0.547. The van der Waals surface area contributed by atoms with Crippen LogP contribution in [0.1, 0.15) is 42.0 Å². The molecule has 2 aromatic heterocycles. The Kier molecular flexibility index (Phi) is 9.35. The van der Waals surface area contributed by atoms with Crippen LogP contribution in [0, 0.1) is 6.92 Å². The number of para-hydroxylation sites is 1. The Labute approximate surface area is 234 Å². The second kappa shape index (κ2) is 12.6. The summed E-state index contributed by atoms with van der Waals surface area (Å²) in [7, 11) is -3.35. The van der Waals surface area contributed by atoms with Gasteiger partial charge in [0, 0.05) is 43.9 Å². The van der Waals surface area contributed by atoms with Crippen LogP contribution in [0.3, 0.4) is 0 Å². The molecule has 218 valence electrons. The zero-order valence-corrected chi connectivity index (χ0v) is 24.6. The van der Waals surface area contributed by atoms with Crippen molar-refractivity contribution in [2.24, 2.45) is 0 Å². The number of aromatic nitrogens is 5. The molecule has 0 radical (unpaired) electrons. The van der Waals surface area contributed by atoms with Gasteiger partial charge in [-0.3, -0.25) is 4.57 Å². The first kappa shape index (κ1) is 29.8. The van der Waals surface area contributed by atoms with E-state index in [0.29, 0.717) is 34.7 Å². The molecule has 0 saturated carbocycles. The van der Waals surface area contributed by atoms with Crippen molar-refractivity contribution in [1.82, 2.24) is 33.8 Å². The van der Waals surface area contributed by atoms with Gasteiger partial charge in [-0.15, -0.1) is 10.2 Å². The SMILES string of the molecule is COc1cccc(OC)c1-n1c(C[C@@H](c2ncc(C)cn2)[C@@H](C)N[SH](=O)=O)nnc1[C@H]1CN(S(C)(=O)=O)CCO1. The van der Waals surface area contributed by atoms with E-state index in [1.165, 1.54) is 18.5 Å². The van der Waals surface area contributed by atoms with Crippen LogP contribution in [0.2, 0.25) is 0 Å². The summed E-state index contributed by atoms with van der Waals surface area (Å²) in [6.07, 6.45) is 3.88. The number of sulfonamides is 1. The number of ether oxygens (including phenoxy) is 3. The first-order valence-electron chi connectivity index (χ1n) is 12.4. The minimum absolute atomic E-state index is 0.0353. The summed E-state index contributed by atoms with van der Waals surface area (Å²) in [6.45, 7) is 4.00. The normalized spacial score (nSPS) is 18.0. The largest absolute Gasteiger partial charge is 0.494 e. The number of benzene rings is 1. The molecule has 1 saturated heterocycles. The van der Waals surface area contributed by atoms with Gasteiger partial charge in [-0.05, 0) is 31.5 Å². The van der Waals surface area contributed by atoms with E-state index in [4.69, 9.17) is 14.2 Å². The third-order valence-electron chi connectivity index (χ3n) is 6.61. The molecule has 3 heterocycles. The highest BCUT2D eigenvalue weighted by atomic mass is 32.2. The van der Waals surface area contributed by atoms with Crippen molar-refractivity contribution in [3.05, 3.63) is 53.6 Å². The van der Waals surface area contributed by atoms with E-state index in [2.05, 4.69) is 24.9 Å². The van der Waals surface area contributed by atoms with Gasteiger partial charge < -0.3 is 14.2 Å². The Morgan fingerprint density at radius 2 is 1.80 bits per heavy atom. The van der Waals surface area contributed by atoms with Gasteiger partial charge in [0.05, 0.1) is 27.1 Å². The zero-order chi connectivity index (χ0) is 29.0. The van der Waals surface area contributed by atoms with E-state index in [9.17, 15) is 16.8 Å². The maximum atomic E-state index is 12.3. The number of rotatable bonds is 11. The van der Waals surface area contributed by atoms with Crippen LogP contribution in [0.5, 0.6) is 11.5 Å². The van der Waals surface area contributed by atoms with Crippen molar-refractivity contribution in [3.8, 4) is 17.2 Å². The molecule has 1 fully saturated rings. The van der Waals surface area contributed by atoms with Gasteiger partial charge in [0.25, 0.3) is 0 Å². The van der Waals surface area contributed by atoms with Crippen molar-refractivity contribution in [2.75, 3.05) is 40.2 Å². The Bertz CT molecular complexity index is 1480. The van der Waals surface area contributed by atoms with Gasteiger partial charge in [0.2, 0.25) is 20.9 Å². The van der Waals surface area contributed by atoms with Crippen LogP contribution >= 0.6 is 0 Å². The van der Waals surface area contributed by atoms with Crippen molar-refractivity contribution < 1.29 is 31.0 Å². The molecule has 0 spiro atoms. The van der Waals surface area contributed by atoms with Crippen molar-refractivity contribution in [1.29, 1.82) is 0 Å². The van der Waals surface area contributed by atoms with E-state index in [-0.39, 0.29) is 26.1 Å². The van der Waals surface area contributed by atoms with Gasteiger partial charge in [0.1, 0.15) is 34.9 Å². The molecule has 1 aliphatic heterocycles. The highest BCUT2D eigenvalue weighted by Gasteiger charge is 2.35.